The van der Waals surface area contributed by atoms with E-state index in [2.05, 4.69) is 31.4 Å². The molecule has 20 heteroatoms. The highest BCUT2D eigenvalue weighted by atomic mass is 31.2. The van der Waals surface area contributed by atoms with Crippen LogP contribution in [-0.4, -0.2) is 145 Å². The molecule has 2 heterocycles. The minimum Gasteiger partial charge on any atom is -0.462 e. The predicted molar refractivity (Wildman–Crippen MR) is 272 cm³/mol. The first-order valence-electron chi connectivity index (χ1n) is 28.0. The maximum absolute atomic E-state index is 13.8. The second kappa shape index (κ2) is 39.5. The maximum atomic E-state index is 13.8. The van der Waals surface area contributed by atoms with Crippen molar-refractivity contribution in [1.29, 1.82) is 0 Å². The Morgan fingerprint density at radius 3 is 1.53 bits per heavy atom. The van der Waals surface area contributed by atoms with Crippen molar-refractivity contribution in [1.82, 2.24) is 10.6 Å². The lowest BCUT2D eigenvalue weighted by Gasteiger charge is -2.45. The van der Waals surface area contributed by atoms with Crippen LogP contribution in [0.4, 0.5) is 0 Å². The molecule has 0 saturated carbocycles. The van der Waals surface area contributed by atoms with Gasteiger partial charge in [0.1, 0.15) is 54.8 Å². The van der Waals surface area contributed by atoms with Crippen LogP contribution in [0, 0.1) is 0 Å². The van der Waals surface area contributed by atoms with Crippen molar-refractivity contribution in [3.63, 3.8) is 0 Å². The lowest BCUT2D eigenvalue weighted by molar-refractivity contribution is -0.296. The molecule has 19 nitrogen and oxygen atoms in total. The summed E-state index contributed by atoms with van der Waals surface area (Å²) < 4.78 is 39.8. The van der Waals surface area contributed by atoms with E-state index in [4.69, 9.17) is 23.5 Å². The molecule has 0 spiro atoms. The van der Waals surface area contributed by atoms with E-state index in [0.29, 0.717) is 25.7 Å². The molecular weight excluding hydrogens is 956 g/mol. The summed E-state index contributed by atoms with van der Waals surface area (Å²) in [4.78, 5) is 59.1. The SMILES string of the molecule is CCCCCCCCCCCC(=O)O[C@H](CCCCCCCCCCC)CC(=O)N[C@@H]1[C@H](OC[C@H]2O[C@H](O)[C@@H](NC(=O)C[C@H](O)CCCCCCCCCCC)[C@@H](O)[C@@H]2O)O[C@H](CO)[C@@H](OP(=O)(O)O)[C@@H]1O. The van der Waals surface area contributed by atoms with E-state index in [0.717, 1.165) is 77.0 Å². The van der Waals surface area contributed by atoms with Crippen molar-refractivity contribution in [2.45, 2.75) is 300 Å². The van der Waals surface area contributed by atoms with Gasteiger partial charge in [-0.3, -0.25) is 18.9 Å². The summed E-state index contributed by atoms with van der Waals surface area (Å²) >= 11 is 0. The first kappa shape index (κ1) is 66.3. The summed E-state index contributed by atoms with van der Waals surface area (Å²) in [5.41, 5.74) is 0. The normalized spacial score (nSPS) is 25.5. The molecule has 2 rings (SSSR count). The molecule has 12 atom stereocenters. The second-order valence-corrected chi connectivity index (χ2v) is 21.5. The van der Waals surface area contributed by atoms with Gasteiger partial charge in [-0.1, -0.05) is 181 Å². The highest BCUT2D eigenvalue weighted by Crippen LogP contribution is 2.41. The quantitative estimate of drug-likeness (QED) is 0.0171. The van der Waals surface area contributed by atoms with Crippen molar-refractivity contribution in [2.24, 2.45) is 0 Å². The highest BCUT2D eigenvalue weighted by Gasteiger charge is 2.51. The van der Waals surface area contributed by atoms with Crippen molar-refractivity contribution < 1.29 is 82.8 Å². The number of aliphatic hydroxyl groups is 6. The van der Waals surface area contributed by atoms with Crippen LogP contribution < -0.4 is 10.6 Å². The minimum atomic E-state index is -5.30. The Balaban J connectivity index is 2.08. The zero-order chi connectivity index (χ0) is 53.2. The number of hydrogen-bond acceptors (Lipinski definition) is 15. The maximum Gasteiger partial charge on any atom is 0.470 e. The largest absolute Gasteiger partial charge is 0.470 e. The molecule has 2 saturated heterocycles. The fourth-order valence-electron chi connectivity index (χ4n) is 9.49. The molecule has 0 aromatic rings. The van der Waals surface area contributed by atoms with Gasteiger partial charge in [-0.05, 0) is 25.7 Å². The number of rotatable bonds is 43. The van der Waals surface area contributed by atoms with Crippen LogP contribution in [0.3, 0.4) is 0 Å². The number of nitrogens with one attached hydrogen (secondary N) is 2. The number of phosphoric acid groups is 1. The van der Waals surface area contributed by atoms with Crippen molar-refractivity contribution in [3.8, 4) is 0 Å². The Kier molecular flexibility index (Phi) is 36.4. The number of unbranched alkanes of at least 4 members (excludes halogenated alkanes) is 24. The second-order valence-electron chi connectivity index (χ2n) is 20.3. The Labute approximate surface area is 430 Å². The first-order chi connectivity index (χ1) is 34.5. The zero-order valence-corrected chi connectivity index (χ0v) is 45.1. The van der Waals surface area contributed by atoms with Crippen LogP contribution in [0.15, 0.2) is 0 Å². The lowest BCUT2D eigenvalue weighted by atomic mass is 9.95. The molecule has 0 bridgehead atoms. The van der Waals surface area contributed by atoms with E-state index in [9.17, 15) is 59.4 Å². The minimum absolute atomic E-state index is 0.189. The van der Waals surface area contributed by atoms with Crippen LogP contribution in [0.2, 0.25) is 0 Å². The van der Waals surface area contributed by atoms with Crippen LogP contribution in [0.25, 0.3) is 0 Å². The Morgan fingerprint density at radius 2 is 1.03 bits per heavy atom. The molecule has 10 N–H and O–H groups in total. The van der Waals surface area contributed by atoms with Gasteiger partial charge >= 0.3 is 13.8 Å². The van der Waals surface area contributed by atoms with E-state index < -0.39 is 112 Å². The van der Waals surface area contributed by atoms with E-state index in [1.54, 1.807) is 0 Å². The van der Waals surface area contributed by atoms with E-state index in [1.165, 1.54) is 83.5 Å². The third kappa shape index (κ3) is 28.9. The average Bonchev–Trinajstić information content (AvgIpc) is 3.33. The number of ether oxygens (including phenoxy) is 4. The summed E-state index contributed by atoms with van der Waals surface area (Å²) in [7, 11) is -5.30. The fraction of sp³-hybridized carbons (Fsp3) is 0.942. The molecule has 2 fully saturated rings. The monoisotopic (exact) mass is 1050 g/mol. The zero-order valence-electron chi connectivity index (χ0n) is 44.2. The number of phosphoric ester groups is 1. The van der Waals surface area contributed by atoms with Gasteiger partial charge in [-0.25, -0.2) is 4.57 Å². The topological polar surface area (TPSA) is 300 Å². The predicted octanol–water partition coefficient (Wildman–Crippen LogP) is 6.78. The van der Waals surface area contributed by atoms with Gasteiger partial charge < -0.3 is 70.0 Å². The number of aliphatic hydroxyl groups excluding tert-OH is 6. The van der Waals surface area contributed by atoms with Gasteiger partial charge in [0.25, 0.3) is 0 Å². The van der Waals surface area contributed by atoms with E-state index in [1.807, 2.05) is 0 Å². The first-order valence-corrected chi connectivity index (χ1v) is 29.5. The molecule has 0 aliphatic carbocycles. The summed E-state index contributed by atoms with van der Waals surface area (Å²) in [5.74, 6) is -1.85. The van der Waals surface area contributed by atoms with Gasteiger partial charge in [0.05, 0.1) is 32.2 Å². The van der Waals surface area contributed by atoms with Crippen LogP contribution >= 0.6 is 7.82 Å². The van der Waals surface area contributed by atoms with Gasteiger partial charge in [0.15, 0.2) is 12.6 Å². The van der Waals surface area contributed by atoms with E-state index in [-0.39, 0.29) is 19.3 Å². The summed E-state index contributed by atoms with van der Waals surface area (Å²) in [6.07, 6.45) is 13.6. The Morgan fingerprint density at radius 1 is 0.569 bits per heavy atom. The van der Waals surface area contributed by atoms with Gasteiger partial charge in [0, 0.05) is 6.42 Å². The molecular formula is C52H99N2O17P. The van der Waals surface area contributed by atoms with Gasteiger partial charge in [0.2, 0.25) is 11.8 Å². The van der Waals surface area contributed by atoms with Crippen molar-refractivity contribution >= 4 is 25.6 Å². The van der Waals surface area contributed by atoms with Crippen LogP contribution in [0.1, 0.15) is 226 Å². The summed E-state index contributed by atoms with van der Waals surface area (Å²) in [5, 5.41) is 70.1. The number of amides is 2. The molecule has 2 aliphatic rings. The van der Waals surface area contributed by atoms with Gasteiger partial charge in [-0.15, -0.1) is 0 Å². The van der Waals surface area contributed by atoms with Crippen LogP contribution in [-0.2, 0) is 42.4 Å². The van der Waals surface area contributed by atoms with E-state index >= 15 is 0 Å². The number of esters is 1. The number of carbonyl (C=O) groups is 3. The van der Waals surface area contributed by atoms with Crippen molar-refractivity contribution in [2.75, 3.05) is 13.2 Å². The third-order valence-electron chi connectivity index (χ3n) is 13.8. The molecule has 424 valence electrons. The fourth-order valence-corrected chi connectivity index (χ4v) is 10.1. The third-order valence-corrected chi connectivity index (χ3v) is 14.3. The Hall–Kier alpha value is -1.84. The van der Waals surface area contributed by atoms with Gasteiger partial charge in [-0.2, -0.15) is 0 Å². The molecule has 0 radical (unpaired) electrons. The highest BCUT2D eigenvalue weighted by molar-refractivity contribution is 7.46. The molecule has 0 aromatic carbocycles. The van der Waals surface area contributed by atoms with Crippen LogP contribution in [0.5, 0.6) is 0 Å². The molecule has 0 aromatic heterocycles. The standard InChI is InChI=1S/C52H99N2O17P/c1-4-7-10-13-16-19-22-25-28-31-38(56)34-42(57)53-45-48(61)47(60)41(69-51(45)63)37-67-52-46(49(62)50(40(36-55)70-52)71-72(64,65)66)54-43(58)35-39(32-29-26-23-20-17-14-11-8-5-2)68-44(59)33-30-27-24-21-18-15-12-9-6-3/h38-41,45-52,55-56,60-63H,4-37H2,1-3H3,(H,53,57)(H,54,58)(H2,64,65,66)/t38-,39-,40-,41-,45+,46+,47-,48-,49-,50-,51+,52-/m1/s1. The molecule has 2 aliphatic heterocycles. The number of hydrogen-bond donors (Lipinski definition) is 10. The smallest absolute Gasteiger partial charge is 0.462 e. The lowest BCUT2D eigenvalue weighted by Crippen LogP contribution is -2.67. The summed E-state index contributed by atoms with van der Waals surface area (Å²) in [6, 6.07) is -3.12. The number of carbonyl (C=O) groups excluding carboxylic acids is 3. The Bertz CT molecular complexity index is 1460. The van der Waals surface area contributed by atoms with Crippen molar-refractivity contribution in [3.05, 3.63) is 0 Å². The molecule has 2 amide bonds. The molecule has 72 heavy (non-hydrogen) atoms. The average molecular weight is 1060 g/mol. The molecule has 0 unspecified atom stereocenters. The summed E-state index contributed by atoms with van der Waals surface area (Å²) in [6.45, 7) is 4.94.